The molecule has 2 rings (SSSR count). The van der Waals surface area contributed by atoms with Crippen LogP contribution in [0.1, 0.15) is 38.7 Å². The zero-order valence-electron chi connectivity index (χ0n) is 11.8. The first kappa shape index (κ1) is 14.0. The van der Waals surface area contributed by atoms with Gasteiger partial charge in [-0.05, 0) is 38.3 Å². The van der Waals surface area contributed by atoms with E-state index in [9.17, 15) is 4.79 Å². The van der Waals surface area contributed by atoms with E-state index < -0.39 is 0 Å². The molecule has 1 aromatic heterocycles. The van der Waals surface area contributed by atoms with E-state index in [1.807, 2.05) is 23.2 Å². The molecular weight excluding hydrogens is 238 g/mol. The van der Waals surface area contributed by atoms with Crippen molar-refractivity contribution in [1.82, 2.24) is 9.88 Å². The number of nitrogens with two attached hydrogens (primary N) is 1. The molecule has 0 atom stereocenters. The lowest BCUT2D eigenvalue weighted by Crippen LogP contribution is -2.53. The summed E-state index contributed by atoms with van der Waals surface area (Å²) in [5.74, 6) is 0.208. The van der Waals surface area contributed by atoms with Gasteiger partial charge in [0.1, 0.15) is 0 Å². The summed E-state index contributed by atoms with van der Waals surface area (Å²) in [6, 6.07) is 4.09. The third-order valence-corrected chi connectivity index (χ3v) is 4.11. The van der Waals surface area contributed by atoms with Crippen LogP contribution in [0.5, 0.6) is 0 Å². The number of aromatic nitrogens is 1. The van der Waals surface area contributed by atoms with E-state index in [1.54, 1.807) is 6.20 Å². The number of carbonyl (C=O) groups is 1. The molecule has 1 aromatic rings. The van der Waals surface area contributed by atoms with Gasteiger partial charge in [-0.1, -0.05) is 12.5 Å². The third kappa shape index (κ3) is 2.78. The fourth-order valence-corrected chi connectivity index (χ4v) is 2.59. The summed E-state index contributed by atoms with van der Waals surface area (Å²) in [4.78, 5) is 18.8. The second-order valence-electron chi connectivity index (χ2n) is 5.73. The maximum absolute atomic E-state index is 12.7. The minimum atomic E-state index is -0.299. The lowest BCUT2D eigenvalue weighted by Gasteiger charge is -2.44. The van der Waals surface area contributed by atoms with Crippen molar-refractivity contribution in [2.75, 3.05) is 6.54 Å². The highest BCUT2D eigenvalue weighted by Gasteiger charge is 2.45. The molecule has 1 aliphatic rings. The number of nitrogens with zero attached hydrogens (tertiary/aromatic N) is 2. The summed E-state index contributed by atoms with van der Waals surface area (Å²) in [6.07, 6.45) is 6.54. The molecule has 0 bridgehead atoms. The van der Waals surface area contributed by atoms with Gasteiger partial charge < -0.3 is 10.6 Å². The Kier molecular flexibility index (Phi) is 4.20. The SMILES string of the molecule is CC(C)N(Cc1cccnc1)C(=O)C1(CN)CCC1. The van der Waals surface area contributed by atoms with Crippen LogP contribution in [0.25, 0.3) is 0 Å². The molecule has 1 fully saturated rings. The molecule has 0 aromatic carbocycles. The zero-order chi connectivity index (χ0) is 13.9. The van der Waals surface area contributed by atoms with Crippen LogP contribution < -0.4 is 5.73 Å². The highest BCUT2D eigenvalue weighted by atomic mass is 16.2. The Balaban J connectivity index is 2.14. The molecule has 19 heavy (non-hydrogen) atoms. The predicted octanol–water partition coefficient (Wildman–Crippen LogP) is 1.95. The Bertz CT molecular complexity index is 421. The molecule has 1 heterocycles. The van der Waals surface area contributed by atoms with Gasteiger partial charge in [0.05, 0.1) is 5.41 Å². The van der Waals surface area contributed by atoms with Crippen LogP contribution in [0.3, 0.4) is 0 Å². The summed E-state index contributed by atoms with van der Waals surface area (Å²) in [5.41, 5.74) is 6.61. The van der Waals surface area contributed by atoms with Gasteiger partial charge in [0.15, 0.2) is 0 Å². The predicted molar refractivity (Wildman–Crippen MR) is 75.3 cm³/mol. The van der Waals surface area contributed by atoms with Crippen LogP contribution >= 0.6 is 0 Å². The smallest absolute Gasteiger partial charge is 0.230 e. The van der Waals surface area contributed by atoms with Crippen molar-refractivity contribution in [3.8, 4) is 0 Å². The van der Waals surface area contributed by atoms with Crippen molar-refractivity contribution in [2.24, 2.45) is 11.1 Å². The summed E-state index contributed by atoms with van der Waals surface area (Å²) < 4.78 is 0. The molecule has 0 aliphatic heterocycles. The van der Waals surface area contributed by atoms with E-state index in [0.717, 1.165) is 24.8 Å². The normalized spacial score (nSPS) is 17.1. The monoisotopic (exact) mass is 261 g/mol. The van der Waals surface area contributed by atoms with Crippen LogP contribution in [0.15, 0.2) is 24.5 Å². The lowest BCUT2D eigenvalue weighted by atomic mass is 9.67. The first-order valence-corrected chi connectivity index (χ1v) is 6.99. The van der Waals surface area contributed by atoms with E-state index in [4.69, 9.17) is 5.73 Å². The van der Waals surface area contributed by atoms with Gasteiger partial charge in [-0.2, -0.15) is 0 Å². The van der Waals surface area contributed by atoms with Gasteiger partial charge in [0.2, 0.25) is 5.91 Å². The Hall–Kier alpha value is -1.42. The average Bonchev–Trinajstić information content (AvgIpc) is 2.36. The standard InChI is InChI=1S/C15H23N3O/c1-12(2)18(10-13-5-3-8-17-9-13)14(19)15(11-16)6-4-7-15/h3,5,8-9,12H,4,6-7,10-11,16H2,1-2H3. The molecule has 2 N–H and O–H groups in total. The molecule has 1 amide bonds. The molecule has 0 unspecified atom stereocenters. The highest BCUT2D eigenvalue weighted by molar-refractivity contribution is 5.84. The van der Waals surface area contributed by atoms with Crippen LogP contribution in [0.2, 0.25) is 0 Å². The van der Waals surface area contributed by atoms with Crippen molar-refractivity contribution in [3.05, 3.63) is 30.1 Å². The van der Waals surface area contributed by atoms with E-state index in [2.05, 4.69) is 18.8 Å². The molecule has 104 valence electrons. The second kappa shape index (κ2) is 5.70. The van der Waals surface area contributed by atoms with Crippen molar-refractivity contribution in [2.45, 2.75) is 45.7 Å². The van der Waals surface area contributed by atoms with Crippen LogP contribution in [-0.4, -0.2) is 28.4 Å². The minimum Gasteiger partial charge on any atom is -0.335 e. The van der Waals surface area contributed by atoms with Gasteiger partial charge in [-0.15, -0.1) is 0 Å². The molecule has 4 nitrogen and oxygen atoms in total. The van der Waals surface area contributed by atoms with Crippen molar-refractivity contribution >= 4 is 5.91 Å². The summed E-state index contributed by atoms with van der Waals surface area (Å²) in [6.45, 7) is 5.18. The molecular formula is C15H23N3O. The molecule has 0 saturated heterocycles. The number of rotatable bonds is 5. The van der Waals surface area contributed by atoms with Crippen molar-refractivity contribution in [3.63, 3.8) is 0 Å². The Morgan fingerprint density at radius 1 is 1.53 bits per heavy atom. The Morgan fingerprint density at radius 3 is 2.68 bits per heavy atom. The van der Waals surface area contributed by atoms with Crippen molar-refractivity contribution in [1.29, 1.82) is 0 Å². The van der Waals surface area contributed by atoms with Gasteiger partial charge in [0, 0.05) is 31.5 Å². The largest absolute Gasteiger partial charge is 0.335 e. The number of pyridine rings is 1. The number of hydrogen-bond acceptors (Lipinski definition) is 3. The third-order valence-electron chi connectivity index (χ3n) is 4.11. The van der Waals surface area contributed by atoms with E-state index in [0.29, 0.717) is 13.1 Å². The quantitative estimate of drug-likeness (QED) is 0.881. The van der Waals surface area contributed by atoms with Gasteiger partial charge in [0.25, 0.3) is 0 Å². The van der Waals surface area contributed by atoms with Crippen molar-refractivity contribution < 1.29 is 4.79 Å². The summed E-state index contributed by atoms with van der Waals surface area (Å²) >= 11 is 0. The fraction of sp³-hybridized carbons (Fsp3) is 0.600. The maximum atomic E-state index is 12.7. The molecule has 0 radical (unpaired) electrons. The molecule has 4 heteroatoms. The fourth-order valence-electron chi connectivity index (χ4n) is 2.59. The first-order valence-electron chi connectivity index (χ1n) is 6.99. The van der Waals surface area contributed by atoms with E-state index in [1.165, 1.54) is 0 Å². The van der Waals surface area contributed by atoms with Gasteiger partial charge >= 0.3 is 0 Å². The van der Waals surface area contributed by atoms with Crippen LogP contribution in [0.4, 0.5) is 0 Å². The maximum Gasteiger partial charge on any atom is 0.230 e. The van der Waals surface area contributed by atoms with E-state index >= 15 is 0 Å². The topological polar surface area (TPSA) is 59.2 Å². The minimum absolute atomic E-state index is 0.178. The Morgan fingerprint density at radius 2 is 2.26 bits per heavy atom. The number of carbonyl (C=O) groups excluding carboxylic acids is 1. The van der Waals surface area contributed by atoms with E-state index in [-0.39, 0.29) is 17.4 Å². The summed E-state index contributed by atoms with van der Waals surface area (Å²) in [5, 5.41) is 0. The second-order valence-corrected chi connectivity index (χ2v) is 5.73. The molecule has 1 saturated carbocycles. The van der Waals surface area contributed by atoms with Gasteiger partial charge in [-0.3, -0.25) is 9.78 Å². The van der Waals surface area contributed by atoms with Crippen LogP contribution in [-0.2, 0) is 11.3 Å². The highest BCUT2D eigenvalue weighted by Crippen LogP contribution is 2.42. The number of amides is 1. The lowest BCUT2D eigenvalue weighted by molar-refractivity contribution is -0.149. The van der Waals surface area contributed by atoms with Gasteiger partial charge in [-0.25, -0.2) is 0 Å². The number of hydrogen-bond donors (Lipinski definition) is 1. The molecule has 1 aliphatic carbocycles. The molecule has 0 spiro atoms. The zero-order valence-corrected chi connectivity index (χ0v) is 11.8. The van der Waals surface area contributed by atoms with Crippen LogP contribution in [0, 0.1) is 5.41 Å². The first-order chi connectivity index (χ1) is 9.09. The Labute approximate surface area is 115 Å². The average molecular weight is 261 g/mol. The summed E-state index contributed by atoms with van der Waals surface area (Å²) in [7, 11) is 0.